The van der Waals surface area contributed by atoms with Crippen LogP contribution in [0.1, 0.15) is 32.9 Å². The van der Waals surface area contributed by atoms with E-state index in [1.807, 2.05) is 0 Å². The van der Waals surface area contributed by atoms with Crippen LogP contribution in [-0.4, -0.2) is 43.6 Å². The van der Waals surface area contributed by atoms with Crippen molar-refractivity contribution in [1.82, 2.24) is 9.97 Å². The molecule has 0 bridgehead atoms. The van der Waals surface area contributed by atoms with Gasteiger partial charge < -0.3 is 14.9 Å². The number of aromatic nitrogens is 2. The summed E-state index contributed by atoms with van der Waals surface area (Å²) >= 11 is 0. The van der Waals surface area contributed by atoms with Crippen molar-refractivity contribution >= 4 is 29.1 Å². The Balaban J connectivity index is 1.86. The first-order valence-corrected chi connectivity index (χ1v) is 8.78. The van der Waals surface area contributed by atoms with Gasteiger partial charge in [0.15, 0.2) is 5.71 Å². The van der Waals surface area contributed by atoms with E-state index in [2.05, 4.69) is 20.4 Å². The number of carbonyl (C=O) groups is 2. The van der Waals surface area contributed by atoms with Gasteiger partial charge in [0.05, 0.1) is 35.9 Å². The van der Waals surface area contributed by atoms with Gasteiger partial charge in [0.2, 0.25) is 5.72 Å². The molecule has 29 heavy (non-hydrogen) atoms. The fraction of sp³-hybridized carbons (Fsp3) is 0.316. The van der Waals surface area contributed by atoms with Crippen LogP contribution < -0.4 is 10.3 Å². The van der Waals surface area contributed by atoms with Crippen molar-refractivity contribution in [2.75, 3.05) is 10.3 Å². The first kappa shape index (κ1) is 20.2. The molecule has 0 saturated heterocycles. The molecule has 10 nitrogen and oxygen atoms in total. The van der Waals surface area contributed by atoms with Gasteiger partial charge in [-0.1, -0.05) is 0 Å². The molecule has 3 N–H and O–H groups in total. The fourth-order valence-corrected chi connectivity index (χ4v) is 2.74. The second-order valence-corrected chi connectivity index (χ2v) is 7.43. The van der Waals surface area contributed by atoms with E-state index < -0.39 is 23.4 Å². The number of hydrogen-bond acceptors (Lipinski definition) is 8. The maximum Gasteiger partial charge on any atom is 0.412 e. The third-order valence-corrected chi connectivity index (χ3v) is 3.94. The van der Waals surface area contributed by atoms with Gasteiger partial charge in [0.1, 0.15) is 5.60 Å². The molecule has 1 atom stereocenters. The standard InChI is InChI=1S/C19H21N5O5/c1-18(2,3)29-17(27)22-12-6-7-15(21-10-12)19(28)9-14(16(25)26)23-24(19)13-5-4-8-20-11-13/h4-8,10-11,28H,9H2,1-3H3,(H,22,27)(H,25,26). The van der Waals surface area contributed by atoms with Gasteiger partial charge >= 0.3 is 12.1 Å². The number of aliphatic hydroxyl groups is 1. The number of anilines is 2. The van der Waals surface area contributed by atoms with Crippen molar-refractivity contribution in [2.45, 2.75) is 38.5 Å². The van der Waals surface area contributed by atoms with Crippen molar-refractivity contribution in [3.8, 4) is 0 Å². The third kappa shape index (κ3) is 4.49. The Hall–Kier alpha value is -3.53. The summed E-state index contributed by atoms with van der Waals surface area (Å²) in [5, 5.41) is 28.3. The summed E-state index contributed by atoms with van der Waals surface area (Å²) in [6.07, 6.45) is 3.44. The molecule has 0 fully saturated rings. The Kier molecular flexibility index (Phi) is 5.21. The van der Waals surface area contributed by atoms with Crippen LogP contribution in [0.15, 0.2) is 48.0 Å². The molecule has 10 heteroatoms. The second-order valence-electron chi connectivity index (χ2n) is 7.43. The van der Waals surface area contributed by atoms with Gasteiger partial charge in [0.25, 0.3) is 0 Å². The van der Waals surface area contributed by atoms with E-state index >= 15 is 0 Å². The Bertz CT molecular complexity index is 940. The lowest BCUT2D eigenvalue weighted by atomic mass is 10.0. The summed E-state index contributed by atoms with van der Waals surface area (Å²) in [5.41, 5.74) is -1.75. The van der Waals surface area contributed by atoms with Crippen molar-refractivity contribution in [2.24, 2.45) is 5.10 Å². The van der Waals surface area contributed by atoms with Crippen LogP contribution in [0.3, 0.4) is 0 Å². The van der Waals surface area contributed by atoms with Gasteiger partial charge in [-0.15, -0.1) is 0 Å². The van der Waals surface area contributed by atoms with Crippen LogP contribution in [0.5, 0.6) is 0 Å². The molecule has 2 aromatic heterocycles. The summed E-state index contributed by atoms with van der Waals surface area (Å²) in [5.74, 6) is -1.24. The molecule has 1 unspecified atom stereocenters. The molecular weight excluding hydrogens is 378 g/mol. The van der Waals surface area contributed by atoms with E-state index in [9.17, 15) is 19.8 Å². The molecule has 0 aromatic carbocycles. The number of nitrogens with one attached hydrogen (secondary N) is 1. The van der Waals surface area contributed by atoms with E-state index in [0.29, 0.717) is 11.4 Å². The van der Waals surface area contributed by atoms with Crippen molar-refractivity contribution < 1.29 is 24.5 Å². The lowest BCUT2D eigenvalue weighted by molar-refractivity contribution is -0.129. The maximum absolute atomic E-state index is 11.9. The summed E-state index contributed by atoms with van der Waals surface area (Å²) in [6, 6.07) is 6.30. The highest BCUT2D eigenvalue weighted by molar-refractivity contribution is 6.36. The van der Waals surface area contributed by atoms with Crippen LogP contribution in [-0.2, 0) is 15.3 Å². The van der Waals surface area contributed by atoms with Crippen molar-refractivity contribution in [3.05, 3.63) is 48.5 Å². The molecule has 0 aliphatic carbocycles. The average Bonchev–Trinajstić information content (AvgIpc) is 3.00. The minimum absolute atomic E-state index is 0.163. The number of carboxylic acids is 1. The molecule has 3 heterocycles. The zero-order valence-electron chi connectivity index (χ0n) is 16.2. The predicted octanol–water partition coefficient (Wildman–Crippen LogP) is 2.32. The molecule has 0 saturated carbocycles. The smallest absolute Gasteiger partial charge is 0.412 e. The minimum atomic E-state index is -1.82. The number of aliphatic carboxylic acids is 1. The number of carbonyl (C=O) groups excluding carboxylic acids is 1. The molecule has 1 aliphatic heterocycles. The van der Waals surface area contributed by atoms with Crippen LogP contribution in [0.2, 0.25) is 0 Å². The lowest BCUT2D eigenvalue weighted by Crippen LogP contribution is -2.41. The van der Waals surface area contributed by atoms with E-state index in [1.165, 1.54) is 29.5 Å². The summed E-state index contributed by atoms with van der Waals surface area (Å²) in [7, 11) is 0. The lowest BCUT2D eigenvalue weighted by Gasteiger charge is -2.31. The monoisotopic (exact) mass is 399 g/mol. The molecule has 1 amide bonds. The summed E-state index contributed by atoms with van der Waals surface area (Å²) in [6.45, 7) is 5.24. The first-order valence-electron chi connectivity index (χ1n) is 8.78. The molecule has 152 valence electrons. The molecule has 0 radical (unpaired) electrons. The van der Waals surface area contributed by atoms with E-state index in [1.54, 1.807) is 39.1 Å². The normalized spacial score (nSPS) is 18.9. The zero-order valence-corrected chi connectivity index (χ0v) is 16.2. The number of nitrogens with zero attached hydrogens (tertiary/aromatic N) is 4. The number of carboxylic acid groups (broad SMARTS) is 1. The number of amides is 1. The largest absolute Gasteiger partial charge is 0.477 e. The Labute approximate surface area is 166 Å². The predicted molar refractivity (Wildman–Crippen MR) is 104 cm³/mol. The molecule has 2 aromatic rings. The number of pyridine rings is 2. The van der Waals surface area contributed by atoms with Crippen LogP contribution in [0.25, 0.3) is 0 Å². The summed E-state index contributed by atoms with van der Waals surface area (Å²) in [4.78, 5) is 31.5. The van der Waals surface area contributed by atoms with Gasteiger partial charge in [-0.05, 0) is 45.0 Å². The van der Waals surface area contributed by atoms with E-state index in [-0.39, 0.29) is 17.8 Å². The van der Waals surface area contributed by atoms with Gasteiger partial charge in [-0.3, -0.25) is 15.3 Å². The quantitative estimate of drug-likeness (QED) is 0.712. The highest BCUT2D eigenvalue weighted by Crippen LogP contribution is 2.38. The van der Waals surface area contributed by atoms with E-state index in [0.717, 1.165) is 0 Å². The van der Waals surface area contributed by atoms with Crippen LogP contribution in [0.4, 0.5) is 16.2 Å². The zero-order chi connectivity index (χ0) is 21.2. The van der Waals surface area contributed by atoms with Crippen molar-refractivity contribution in [3.63, 3.8) is 0 Å². The Morgan fingerprint density at radius 3 is 2.55 bits per heavy atom. The van der Waals surface area contributed by atoms with Crippen LogP contribution in [0, 0.1) is 0 Å². The maximum atomic E-state index is 11.9. The highest BCUT2D eigenvalue weighted by atomic mass is 16.6. The average molecular weight is 399 g/mol. The molecule has 1 aliphatic rings. The second kappa shape index (κ2) is 7.47. The fourth-order valence-electron chi connectivity index (χ4n) is 2.74. The number of ether oxygens (including phenoxy) is 1. The van der Waals surface area contributed by atoms with Gasteiger partial charge in [0, 0.05) is 6.20 Å². The SMILES string of the molecule is CC(C)(C)OC(=O)Nc1ccc(C2(O)CC(C(=O)O)=NN2c2cccnc2)nc1. The molecular formula is C19H21N5O5. The van der Waals surface area contributed by atoms with Gasteiger partial charge in [-0.25, -0.2) is 14.6 Å². The Morgan fingerprint density at radius 2 is 2.00 bits per heavy atom. The molecule has 0 spiro atoms. The minimum Gasteiger partial charge on any atom is -0.477 e. The Morgan fingerprint density at radius 1 is 1.24 bits per heavy atom. The van der Waals surface area contributed by atoms with Gasteiger partial charge in [-0.2, -0.15) is 5.10 Å². The number of hydrogen-bond donors (Lipinski definition) is 3. The van der Waals surface area contributed by atoms with E-state index in [4.69, 9.17) is 4.74 Å². The number of hydrazone groups is 1. The van der Waals surface area contributed by atoms with Crippen LogP contribution >= 0.6 is 0 Å². The number of rotatable bonds is 4. The third-order valence-electron chi connectivity index (χ3n) is 3.94. The highest BCUT2D eigenvalue weighted by Gasteiger charge is 2.46. The van der Waals surface area contributed by atoms with Crippen molar-refractivity contribution in [1.29, 1.82) is 0 Å². The topological polar surface area (TPSA) is 137 Å². The molecule has 3 rings (SSSR count). The summed E-state index contributed by atoms with van der Waals surface area (Å²) < 4.78 is 5.18. The first-order chi connectivity index (χ1) is 13.6.